The van der Waals surface area contributed by atoms with Crippen LogP contribution in [0.3, 0.4) is 0 Å². The van der Waals surface area contributed by atoms with Gasteiger partial charge in [-0.25, -0.2) is 0 Å². The Bertz CT molecular complexity index is 644. The van der Waals surface area contributed by atoms with Crippen LogP contribution in [0.1, 0.15) is 61.9 Å². The number of nitrogens with one attached hydrogen (secondary N) is 3. The predicted molar refractivity (Wildman–Crippen MR) is 99.7 cm³/mol. The minimum absolute atomic E-state index is 0.0143. The van der Waals surface area contributed by atoms with E-state index in [9.17, 15) is 9.59 Å². The van der Waals surface area contributed by atoms with E-state index < -0.39 is 0 Å². The Morgan fingerprint density at radius 3 is 2.48 bits per heavy atom. The molecule has 2 saturated heterocycles. The summed E-state index contributed by atoms with van der Waals surface area (Å²) in [5.74, 6) is 0.320. The third-order valence-corrected chi connectivity index (χ3v) is 5.16. The Balaban J connectivity index is 1.59. The Morgan fingerprint density at radius 2 is 1.88 bits per heavy atom. The molecule has 0 spiro atoms. The molecule has 5 heteroatoms. The molecule has 0 aromatic heterocycles. The van der Waals surface area contributed by atoms with E-state index in [1.54, 1.807) is 6.07 Å². The maximum absolute atomic E-state index is 12.6. The molecule has 2 aliphatic rings. The monoisotopic (exact) mass is 343 g/mol. The Kier molecular flexibility index (Phi) is 5.42. The zero-order chi connectivity index (χ0) is 18.0. The van der Waals surface area contributed by atoms with E-state index in [-0.39, 0.29) is 17.9 Å². The molecule has 0 saturated carbocycles. The fourth-order valence-corrected chi connectivity index (χ4v) is 3.96. The van der Waals surface area contributed by atoms with Crippen LogP contribution in [-0.4, -0.2) is 29.9 Å². The van der Waals surface area contributed by atoms with Gasteiger partial charge in [0, 0.05) is 35.8 Å². The van der Waals surface area contributed by atoms with Crippen LogP contribution in [0, 0.1) is 12.8 Å². The molecule has 0 radical (unpaired) electrons. The van der Waals surface area contributed by atoms with Gasteiger partial charge in [0.2, 0.25) is 5.91 Å². The standard InChI is InChI=1S/C20H29N3O2/c1-12(2)8-19(24)23-18-7-4-14(9-13(18)3)20(25)22-17-10-15-5-6-16(11-17)21-15/h4,7,9,12,15-17,21H,5-6,8,10-11H2,1-3H3,(H,22,25)(H,23,24). The number of hydrogen-bond donors (Lipinski definition) is 3. The summed E-state index contributed by atoms with van der Waals surface area (Å²) in [6.07, 6.45) is 4.98. The van der Waals surface area contributed by atoms with Gasteiger partial charge in [0.25, 0.3) is 5.91 Å². The highest BCUT2D eigenvalue weighted by molar-refractivity contribution is 5.96. The largest absolute Gasteiger partial charge is 0.349 e. The summed E-state index contributed by atoms with van der Waals surface area (Å²) in [6, 6.07) is 6.86. The van der Waals surface area contributed by atoms with Gasteiger partial charge in [-0.1, -0.05) is 13.8 Å². The van der Waals surface area contributed by atoms with Crippen molar-refractivity contribution in [2.45, 2.75) is 71.0 Å². The first-order valence-corrected chi connectivity index (χ1v) is 9.38. The molecule has 25 heavy (non-hydrogen) atoms. The van der Waals surface area contributed by atoms with Gasteiger partial charge >= 0.3 is 0 Å². The van der Waals surface area contributed by atoms with Crippen molar-refractivity contribution in [3.05, 3.63) is 29.3 Å². The fourth-order valence-electron chi connectivity index (χ4n) is 3.96. The highest BCUT2D eigenvalue weighted by Gasteiger charge is 2.34. The highest BCUT2D eigenvalue weighted by Crippen LogP contribution is 2.27. The molecular formula is C20H29N3O2. The summed E-state index contributed by atoms with van der Waals surface area (Å²) in [6.45, 7) is 5.96. The summed E-state index contributed by atoms with van der Waals surface area (Å²) < 4.78 is 0. The van der Waals surface area contributed by atoms with Crippen LogP contribution in [0.5, 0.6) is 0 Å². The van der Waals surface area contributed by atoms with Gasteiger partial charge in [-0.3, -0.25) is 9.59 Å². The van der Waals surface area contributed by atoms with Crippen molar-refractivity contribution in [1.82, 2.24) is 10.6 Å². The zero-order valence-corrected chi connectivity index (χ0v) is 15.4. The van der Waals surface area contributed by atoms with Crippen LogP contribution >= 0.6 is 0 Å². The minimum Gasteiger partial charge on any atom is -0.349 e. The Hall–Kier alpha value is -1.88. The molecule has 2 bridgehead atoms. The van der Waals surface area contributed by atoms with Gasteiger partial charge in [0.15, 0.2) is 0 Å². The molecule has 1 aromatic rings. The van der Waals surface area contributed by atoms with Crippen LogP contribution in [0.2, 0.25) is 0 Å². The minimum atomic E-state index is -0.0190. The maximum atomic E-state index is 12.6. The number of rotatable bonds is 5. The second kappa shape index (κ2) is 7.56. The van der Waals surface area contributed by atoms with Crippen LogP contribution in [0.25, 0.3) is 0 Å². The molecule has 2 atom stereocenters. The number of piperidine rings is 1. The van der Waals surface area contributed by atoms with Crippen LogP contribution in [0.15, 0.2) is 18.2 Å². The van der Waals surface area contributed by atoms with E-state index >= 15 is 0 Å². The lowest BCUT2D eigenvalue weighted by Crippen LogP contribution is -2.48. The van der Waals surface area contributed by atoms with E-state index in [0.29, 0.717) is 30.0 Å². The molecule has 2 amide bonds. The van der Waals surface area contributed by atoms with E-state index in [2.05, 4.69) is 16.0 Å². The number of carbonyl (C=O) groups is 2. The molecule has 1 aromatic carbocycles. The molecule has 0 aliphatic carbocycles. The number of carbonyl (C=O) groups excluding carboxylic acids is 2. The number of aryl methyl sites for hydroxylation is 1. The molecule has 3 rings (SSSR count). The predicted octanol–water partition coefficient (Wildman–Crippen LogP) is 2.99. The van der Waals surface area contributed by atoms with E-state index in [4.69, 9.17) is 0 Å². The number of fused-ring (bicyclic) bond motifs is 2. The van der Waals surface area contributed by atoms with Crippen LogP contribution in [0.4, 0.5) is 5.69 Å². The van der Waals surface area contributed by atoms with Crippen LogP contribution < -0.4 is 16.0 Å². The Labute approximate surface area is 150 Å². The first kappa shape index (κ1) is 17.9. The third-order valence-electron chi connectivity index (χ3n) is 5.16. The van der Waals surface area contributed by atoms with Crippen LogP contribution in [-0.2, 0) is 4.79 Å². The third kappa shape index (κ3) is 4.60. The average Bonchev–Trinajstić information content (AvgIpc) is 2.87. The molecular weight excluding hydrogens is 314 g/mol. The van der Waals surface area contributed by atoms with E-state index in [1.165, 1.54) is 12.8 Å². The normalized spacial score (nSPS) is 25.0. The van der Waals surface area contributed by atoms with Crippen molar-refractivity contribution < 1.29 is 9.59 Å². The Morgan fingerprint density at radius 1 is 1.20 bits per heavy atom. The maximum Gasteiger partial charge on any atom is 0.251 e. The van der Waals surface area contributed by atoms with Crippen molar-refractivity contribution >= 4 is 17.5 Å². The van der Waals surface area contributed by atoms with E-state index in [0.717, 1.165) is 24.1 Å². The molecule has 2 heterocycles. The summed E-state index contributed by atoms with van der Waals surface area (Å²) in [7, 11) is 0. The lowest BCUT2D eigenvalue weighted by atomic mass is 9.99. The lowest BCUT2D eigenvalue weighted by Gasteiger charge is -2.29. The lowest BCUT2D eigenvalue weighted by molar-refractivity contribution is -0.116. The average molecular weight is 343 g/mol. The first-order valence-electron chi connectivity index (χ1n) is 9.38. The van der Waals surface area contributed by atoms with Gasteiger partial charge in [-0.05, 0) is 62.3 Å². The molecule has 3 N–H and O–H groups in total. The molecule has 2 fully saturated rings. The fraction of sp³-hybridized carbons (Fsp3) is 0.600. The van der Waals surface area contributed by atoms with Crippen molar-refractivity contribution in [1.29, 1.82) is 0 Å². The molecule has 2 aliphatic heterocycles. The van der Waals surface area contributed by atoms with Crippen molar-refractivity contribution in [2.24, 2.45) is 5.92 Å². The number of amides is 2. The zero-order valence-electron chi connectivity index (χ0n) is 15.4. The summed E-state index contributed by atoms with van der Waals surface area (Å²) in [5.41, 5.74) is 2.35. The van der Waals surface area contributed by atoms with Gasteiger partial charge in [0.05, 0.1) is 0 Å². The summed E-state index contributed by atoms with van der Waals surface area (Å²) >= 11 is 0. The molecule has 2 unspecified atom stereocenters. The number of hydrogen-bond acceptors (Lipinski definition) is 3. The second-order valence-corrected chi connectivity index (χ2v) is 7.96. The quantitative estimate of drug-likeness (QED) is 0.770. The van der Waals surface area contributed by atoms with Gasteiger partial charge in [-0.15, -0.1) is 0 Å². The first-order chi connectivity index (χ1) is 11.9. The van der Waals surface area contributed by atoms with E-state index in [1.807, 2.05) is 32.9 Å². The topological polar surface area (TPSA) is 70.2 Å². The number of benzene rings is 1. The van der Waals surface area contributed by atoms with Gasteiger partial charge in [-0.2, -0.15) is 0 Å². The smallest absolute Gasteiger partial charge is 0.251 e. The summed E-state index contributed by atoms with van der Waals surface area (Å²) in [4.78, 5) is 24.5. The molecule has 5 nitrogen and oxygen atoms in total. The van der Waals surface area contributed by atoms with Crippen molar-refractivity contribution in [3.63, 3.8) is 0 Å². The van der Waals surface area contributed by atoms with Crippen molar-refractivity contribution in [2.75, 3.05) is 5.32 Å². The highest BCUT2D eigenvalue weighted by atomic mass is 16.2. The van der Waals surface area contributed by atoms with Crippen molar-refractivity contribution in [3.8, 4) is 0 Å². The SMILES string of the molecule is Cc1cc(C(=O)NC2CC3CCC(C2)N3)ccc1NC(=O)CC(C)C. The van der Waals surface area contributed by atoms with Gasteiger partial charge in [0.1, 0.15) is 0 Å². The second-order valence-electron chi connectivity index (χ2n) is 7.96. The van der Waals surface area contributed by atoms with Gasteiger partial charge < -0.3 is 16.0 Å². The number of anilines is 1. The summed E-state index contributed by atoms with van der Waals surface area (Å²) in [5, 5.41) is 9.70. The molecule has 136 valence electrons.